The van der Waals surface area contributed by atoms with Crippen LogP contribution in [0.15, 0.2) is 42.6 Å². The van der Waals surface area contributed by atoms with Crippen molar-refractivity contribution >= 4 is 23.3 Å². The Kier molecular flexibility index (Phi) is 6.06. The number of likely N-dealkylation sites (N-methyl/N-ethyl adjacent to an activating group) is 1. The first-order valence-corrected chi connectivity index (χ1v) is 9.16. The van der Waals surface area contributed by atoms with Crippen molar-refractivity contribution in [3.05, 3.63) is 59.0 Å². The molecule has 2 aromatic rings. The van der Waals surface area contributed by atoms with Crippen molar-refractivity contribution in [2.45, 2.75) is 6.54 Å². The maximum atomic E-state index is 13.9. The fourth-order valence-corrected chi connectivity index (χ4v) is 3.44. The van der Waals surface area contributed by atoms with Crippen LogP contribution in [-0.4, -0.2) is 50.6 Å². The maximum absolute atomic E-state index is 13.9. The van der Waals surface area contributed by atoms with Crippen molar-refractivity contribution in [1.29, 1.82) is 0 Å². The predicted octanol–water partition coefficient (Wildman–Crippen LogP) is 0.657. The molecule has 1 unspecified atom stereocenters. The number of hydrogen-bond donors (Lipinski definition) is 1. The molecule has 0 spiro atoms. The van der Waals surface area contributed by atoms with Gasteiger partial charge in [-0.05, 0) is 18.2 Å². The average molecular weight is 379 g/mol. The highest BCUT2D eigenvalue weighted by Crippen LogP contribution is 2.17. The fourth-order valence-electron chi connectivity index (χ4n) is 3.21. The van der Waals surface area contributed by atoms with Gasteiger partial charge in [0.25, 0.3) is 11.7 Å². The molecule has 2 N–H and O–H groups in total. The summed E-state index contributed by atoms with van der Waals surface area (Å²) in [7, 11) is 1.88. The van der Waals surface area contributed by atoms with E-state index in [9.17, 15) is 9.18 Å². The molecule has 0 radical (unpaired) electrons. The van der Waals surface area contributed by atoms with Crippen LogP contribution in [0, 0.1) is 5.82 Å². The van der Waals surface area contributed by atoms with E-state index < -0.39 is 0 Å². The van der Waals surface area contributed by atoms with Crippen molar-refractivity contribution in [1.82, 2.24) is 4.90 Å². The molecule has 3 rings (SSSR count). The Morgan fingerprint density at radius 2 is 1.96 bits per heavy atom. The van der Waals surface area contributed by atoms with Crippen LogP contribution in [0.4, 0.5) is 10.2 Å². The summed E-state index contributed by atoms with van der Waals surface area (Å²) < 4.78 is 13.9. The normalized spacial score (nSPS) is 15.8. The number of quaternary nitrogens is 1. The Hall–Kier alpha value is -2.18. The van der Waals surface area contributed by atoms with Crippen LogP contribution in [0.1, 0.15) is 5.56 Å². The molecule has 1 fully saturated rings. The number of hydrogen-bond acceptors (Lipinski definition) is 2. The van der Waals surface area contributed by atoms with Gasteiger partial charge in [0, 0.05) is 6.07 Å². The monoisotopic (exact) mass is 378 g/mol. The summed E-state index contributed by atoms with van der Waals surface area (Å²) in [4.78, 5) is 20.8. The van der Waals surface area contributed by atoms with E-state index in [1.165, 1.54) is 6.07 Å². The van der Waals surface area contributed by atoms with Crippen molar-refractivity contribution in [2.24, 2.45) is 0 Å². The molecule has 138 valence electrons. The van der Waals surface area contributed by atoms with Crippen LogP contribution in [0.3, 0.4) is 0 Å². The van der Waals surface area contributed by atoms with E-state index in [-0.39, 0.29) is 11.7 Å². The molecule has 0 bridgehead atoms. The third-order valence-electron chi connectivity index (χ3n) is 4.66. The summed E-state index contributed by atoms with van der Waals surface area (Å²) in [6.07, 6.45) is 1.90. The SMILES string of the molecule is C[NH+](CC(=O)N1CCN(c2cccc[nH+]2)CC1)Cc1c(F)cccc1Cl. The number of benzene rings is 1. The van der Waals surface area contributed by atoms with Crippen LogP contribution in [-0.2, 0) is 11.3 Å². The molecule has 1 aromatic heterocycles. The van der Waals surface area contributed by atoms with Gasteiger partial charge in [-0.2, -0.15) is 0 Å². The van der Waals surface area contributed by atoms with E-state index in [0.29, 0.717) is 36.8 Å². The molecule has 1 aliphatic rings. The Labute approximate surface area is 158 Å². The number of aromatic nitrogens is 1. The zero-order valence-electron chi connectivity index (χ0n) is 14.8. The van der Waals surface area contributed by atoms with Gasteiger partial charge in [-0.1, -0.05) is 23.7 Å². The lowest BCUT2D eigenvalue weighted by Gasteiger charge is -2.31. The Balaban J connectivity index is 1.51. The predicted molar refractivity (Wildman–Crippen MR) is 98.7 cm³/mol. The maximum Gasteiger partial charge on any atom is 0.278 e. The van der Waals surface area contributed by atoms with Crippen molar-refractivity contribution in [2.75, 3.05) is 44.7 Å². The van der Waals surface area contributed by atoms with Gasteiger partial charge in [-0.25, -0.2) is 9.37 Å². The number of rotatable bonds is 5. The molecule has 1 saturated heterocycles. The highest BCUT2D eigenvalue weighted by atomic mass is 35.5. The molecule has 26 heavy (non-hydrogen) atoms. The lowest BCUT2D eigenvalue weighted by Crippen LogP contribution is -3.09. The molecule has 1 amide bonds. The van der Waals surface area contributed by atoms with Crippen LogP contribution in [0.25, 0.3) is 0 Å². The first-order chi connectivity index (χ1) is 12.5. The first-order valence-electron chi connectivity index (χ1n) is 8.78. The molecule has 0 saturated carbocycles. The number of carbonyl (C=O) groups excluding carboxylic acids is 1. The summed E-state index contributed by atoms with van der Waals surface area (Å²) in [6.45, 7) is 3.68. The molecular weight excluding hydrogens is 355 g/mol. The Bertz CT molecular complexity index is 730. The van der Waals surface area contributed by atoms with E-state index in [4.69, 9.17) is 11.6 Å². The summed E-state index contributed by atoms with van der Waals surface area (Å²) in [5.74, 6) is 0.834. The second-order valence-corrected chi connectivity index (χ2v) is 7.03. The fraction of sp³-hybridized carbons (Fsp3) is 0.368. The van der Waals surface area contributed by atoms with Crippen LogP contribution in [0.2, 0.25) is 5.02 Å². The summed E-state index contributed by atoms with van der Waals surface area (Å²) in [5, 5.41) is 0.407. The van der Waals surface area contributed by atoms with E-state index >= 15 is 0 Å². The van der Waals surface area contributed by atoms with Gasteiger partial charge >= 0.3 is 0 Å². The molecule has 2 heterocycles. The number of amides is 1. The molecule has 1 aromatic carbocycles. The lowest BCUT2D eigenvalue weighted by atomic mass is 10.2. The molecule has 0 aliphatic carbocycles. The number of piperazine rings is 1. The van der Waals surface area contributed by atoms with E-state index in [2.05, 4.69) is 9.88 Å². The molecule has 5 nitrogen and oxygen atoms in total. The van der Waals surface area contributed by atoms with Gasteiger partial charge in [0.2, 0.25) is 0 Å². The summed E-state index contributed by atoms with van der Waals surface area (Å²) in [6, 6.07) is 10.6. The minimum atomic E-state index is -0.322. The highest BCUT2D eigenvalue weighted by Gasteiger charge is 2.27. The van der Waals surface area contributed by atoms with Gasteiger partial charge in [-0.3, -0.25) is 9.69 Å². The Morgan fingerprint density at radius 3 is 2.62 bits per heavy atom. The zero-order chi connectivity index (χ0) is 18.5. The highest BCUT2D eigenvalue weighted by molar-refractivity contribution is 6.31. The molecule has 1 atom stereocenters. The van der Waals surface area contributed by atoms with Crippen molar-refractivity contribution in [3.8, 4) is 0 Å². The number of nitrogens with zero attached hydrogens (tertiary/aromatic N) is 2. The van der Waals surface area contributed by atoms with Gasteiger partial charge < -0.3 is 9.80 Å². The summed E-state index contributed by atoms with van der Waals surface area (Å²) in [5.41, 5.74) is 0.462. The second kappa shape index (κ2) is 8.47. The molecule has 7 heteroatoms. The molecular formula is C19H24ClFN4O+2. The van der Waals surface area contributed by atoms with E-state index in [1.807, 2.05) is 36.3 Å². The van der Waals surface area contributed by atoms with Crippen molar-refractivity contribution < 1.29 is 19.1 Å². The minimum Gasteiger partial charge on any atom is -0.330 e. The number of pyridine rings is 1. The number of halogens is 2. The largest absolute Gasteiger partial charge is 0.330 e. The van der Waals surface area contributed by atoms with Gasteiger partial charge in [-0.15, -0.1) is 0 Å². The second-order valence-electron chi connectivity index (χ2n) is 6.63. The Morgan fingerprint density at radius 1 is 1.19 bits per heavy atom. The van der Waals surface area contributed by atoms with Crippen LogP contribution < -0.4 is 14.8 Å². The smallest absolute Gasteiger partial charge is 0.278 e. The quantitative estimate of drug-likeness (QED) is 0.830. The number of anilines is 1. The minimum absolute atomic E-state index is 0.0895. The number of nitrogens with one attached hydrogen (secondary N) is 2. The molecule has 1 aliphatic heterocycles. The lowest BCUT2D eigenvalue weighted by molar-refractivity contribution is -0.885. The first kappa shape index (κ1) is 18.6. The zero-order valence-corrected chi connectivity index (χ0v) is 15.6. The van der Waals surface area contributed by atoms with E-state index in [0.717, 1.165) is 23.8 Å². The standard InChI is InChI=1S/C19H22ClFN4O/c1-23(13-15-16(20)5-4-6-17(15)21)14-19(26)25-11-9-24(10-12-25)18-7-2-3-8-22-18/h2-8H,9-14H2,1H3/p+2. The van der Waals surface area contributed by atoms with Crippen LogP contribution in [0.5, 0.6) is 0 Å². The third-order valence-corrected chi connectivity index (χ3v) is 5.01. The number of carbonyl (C=O) groups is 1. The van der Waals surface area contributed by atoms with Gasteiger partial charge in [0.05, 0.1) is 36.9 Å². The summed E-state index contributed by atoms with van der Waals surface area (Å²) >= 11 is 6.08. The average Bonchev–Trinajstić information content (AvgIpc) is 2.66. The van der Waals surface area contributed by atoms with E-state index in [1.54, 1.807) is 12.1 Å². The third kappa shape index (κ3) is 4.51. The van der Waals surface area contributed by atoms with Gasteiger partial charge in [0.1, 0.15) is 25.5 Å². The van der Waals surface area contributed by atoms with Crippen molar-refractivity contribution in [3.63, 3.8) is 0 Å². The number of aromatic amines is 1. The van der Waals surface area contributed by atoms with Crippen LogP contribution >= 0.6 is 11.6 Å². The van der Waals surface area contributed by atoms with Gasteiger partial charge in [0.15, 0.2) is 6.54 Å². The number of H-pyrrole nitrogens is 1. The topological polar surface area (TPSA) is 42.1 Å².